The van der Waals surface area contributed by atoms with Gasteiger partial charge in [0, 0.05) is 13.1 Å². The van der Waals surface area contributed by atoms with E-state index in [0.717, 1.165) is 26.2 Å². The molecule has 1 aliphatic rings. The lowest BCUT2D eigenvalue weighted by Crippen LogP contribution is -2.60. The van der Waals surface area contributed by atoms with Crippen LogP contribution in [0, 0.1) is 0 Å². The first-order chi connectivity index (χ1) is 4.33. The van der Waals surface area contributed by atoms with Crippen molar-refractivity contribution in [3.63, 3.8) is 0 Å². The number of ether oxygens (including phenoxy) is 1. The molecule has 0 amide bonds. The molecule has 0 aromatic rings. The zero-order valence-electron chi connectivity index (χ0n) is 5.97. The number of rotatable bonds is 1. The Bertz CT molecular complexity index is 87.1. The van der Waals surface area contributed by atoms with Crippen molar-refractivity contribution in [2.75, 3.05) is 33.3 Å². The van der Waals surface area contributed by atoms with Gasteiger partial charge in [-0.15, -0.1) is 0 Å². The van der Waals surface area contributed by atoms with Gasteiger partial charge in [-0.25, -0.2) is 0 Å². The maximum absolute atomic E-state index is 5.39. The van der Waals surface area contributed by atoms with Crippen LogP contribution in [0.25, 0.3) is 0 Å². The minimum atomic E-state index is 0.378. The summed E-state index contributed by atoms with van der Waals surface area (Å²) in [5.41, 5.74) is 3.79. The maximum atomic E-state index is 5.39. The second-order valence-electron chi connectivity index (χ2n) is 2.54. The van der Waals surface area contributed by atoms with Crippen molar-refractivity contribution in [2.24, 2.45) is 0 Å². The summed E-state index contributed by atoms with van der Waals surface area (Å²) in [7, 11) is 2.12. The topological polar surface area (TPSA) is 40.1 Å². The number of nitrogens with zero attached hydrogens (tertiary/aromatic N) is 1. The standard InChI is InChI=1S/C6H14N2O/c1-8-2-3-9-6(4-7)5-8/h6H,2-5,7H2,1H3/p+1/t6-/m1/s1. The van der Waals surface area contributed by atoms with Crippen molar-refractivity contribution in [3.8, 4) is 0 Å². The van der Waals surface area contributed by atoms with Gasteiger partial charge in [0.15, 0.2) is 0 Å². The molecule has 0 spiro atoms. The molecule has 1 saturated heterocycles. The Hall–Kier alpha value is -0.120. The van der Waals surface area contributed by atoms with E-state index >= 15 is 0 Å². The fraction of sp³-hybridized carbons (Fsp3) is 1.00. The van der Waals surface area contributed by atoms with Crippen LogP contribution in [-0.4, -0.2) is 44.3 Å². The van der Waals surface area contributed by atoms with Crippen LogP contribution in [0.3, 0.4) is 0 Å². The molecule has 0 saturated carbocycles. The molecule has 0 aromatic carbocycles. The van der Waals surface area contributed by atoms with Gasteiger partial charge in [-0.05, 0) is 7.05 Å². The molecule has 54 valence electrons. The molecule has 1 aliphatic heterocycles. The quantitative estimate of drug-likeness (QED) is 0.473. The summed E-state index contributed by atoms with van der Waals surface area (Å²) in [6.07, 6.45) is 0.378. The van der Waals surface area contributed by atoms with Crippen molar-refractivity contribution in [3.05, 3.63) is 0 Å². The molecule has 0 radical (unpaired) electrons. The molecule has 3 N–H and O–H groups in total. The molecule has 1 atom stereocenters. The van der Waals surface area contributed by atoms with Crippen molar-refractivity contribution in [2.45, 2.75) is 6.10 Å². The second-order valence-corrected chi connectivity index (χ2v) is 2.54. The van der Waals surface area contributed by atoms with Crippen LogP contribution in [0.2, 0.25) is 0 Å². The highest BCUT2D eigenvalue weighted by molar-refractivity contribution is 4.66. The van der Waals surface area contributed by atoms with E-state index in [4.69, 9.17) is 4.74 Å². The van der Waals surface area contributed by atoms with E-state index in [1.165, 1.54) is 0 Å². The van der Waals surface area contributed by atoms with Crippen molar-refractivity contribution < 1.29 is 10.5 Å². The van der Waals surface area contributed by atoms with Gasteiger partial charge in [0.1, 0.15) is 12.6 Å². The minimum absolute atomic E-state index is 0.378. The monoisotopic (exact) mass is 131 g/mol. The molecule has 0 aliphatic carbocycles. The van der Waals surface area contributed by atoms with Crippen LogP contribution in [0.15, 0.2) is 0 Å². The molecular formula is C6H15N2O+. The summed E-state index contributed by atoms with van der Waals surface area (Å²) in [5, 5.41) is 0. The Balaban J connectivity index is 2.23. The smallest absolute Gasteiger partial charge is 0.119 e. The number of morpholine rings is 1. The highest BCUT2D eigenvalue weighted by atomic mass is 16.5. The first kappa shape index (κ1) is 6.99. The Labute approximate surface area is 55.8 Å². The lowest BCUT2D eigenvalue weighted by atomic mass is 10.3. The van der Waals surface area contributed by atoms with Gasteiger partial charge in [-0.2, -0.15) is 0 Å². The first-order valence-corrected chi connectivity index (χ1v) is 3.42. The number of likely N-dealkylation sites (N-methyl/N-ethyl adjacent to an activating group) is 1. The highest BCUT2D eigenvalue weighted by Gasteiger charge is 2.16. The fourth-order valence-electron chi connectivity index (χ4n) is 1.04. The predicted molar refractivity (Wildman–Crippen MR) is 35.0 cm³/mol. The Morgan fingerprint density at radius 1 is 1.78 bits per heavy atom. The summed E-state index contributed by atoms with van der Waals surface area (Å²) in [4.78, 5) is 2.28. The maximum Gasteiger partial charge on any atom is 0.119 e. The second kappa shape index (κ2) is 3.15. The third-order valence-corrected chi connectivity index (χ3v) is 1.66. The van der Waals surface area contributed by atoms with Crippen molar-refractivity contribution >= 4 is 0 Å². The summed E-state index contributed by atoms with van der Waals surface area (Å²) in [5.74, 6) is 0. The van der Waals surface area contributed by atoms with Gasteiger partial charge in [-0.3, -0.25) is 0 Å². The van der Waals surface area contributed by atoms with Crippen LogP contribution in [0.5, 0.6) is 0 Å². The van der Waals surface area contributed by atoms with Gasteiger partial charge >= 0.3 is 0 Å². The van der Waals surface area contributed by atoms with Crippen LogP contribution in [-0.2, 0) is 4.74 Å². The Morgan fingerprint density at radius 3 is 3.00 bits per heavy atom. The molecule has 0 unspecified atom stereocenters. The summed E-state index contributed by atoms with van der Waals surface area (Å²) < 4.78 is 5.39. The van der Waals surface area contributed by atoms with E-state index < -0.39 is 0 Å². The number of quaternary nitrogens is 1. The average molecular weight is 131 g/mol. The molecule has 1 rings (SSSR count). The molecule has 3 heteroatoms. The zero-order valence-corrected chi connectivity index (χ0v) is 5.97. The SMILES string of the molecule is CN1CCO[C@H](C[NH3+])C1. The van der Waals surface area contributed by atoms with Crippen LogP contribution < -0.4 is 5.73 Å². The van der Waals surface area contributed by atoms with Gasteiger partial charge in [-0.1, -0.05) is 0 Å². The predicted octanol–water partition coefficient (Wildman–Crippen LogP) is -1.44. The number of hydrogen-bond donors (Lipinski definition) is 1. The van der Waals surface area contributed by atoms with Crippen LogP contribution in [0.1, 0.15) is 0 Å². The third-order valence-electron chi connectivity index (χ3n) is 1.66. The fourth-order valence-corrected chi connectivity index (χ4v) is 1.04. The van der Waals surface area contributed by atoms with E-state index in [-0.39, 0.29) is 0 Å². The minimum Gasteiger partial charge on any atom is -0.370 e. The molecule has 3 nitrogen and oxygen atoms in total. The van der Waals surface area contributed by atoms with E-state index in [9.17, 15) is 0 Å². The van der Waals surface area contributed by atoms with Crippen LogP contribution in [0.4, 0.5) is 0 Å². The molecular weight excluding hydrogens is 116 g/mol. The van der Waals surface area contributed by atoms with Gasteiger partial charge in [0.25, 0.3) is 0 Å². The lowest BCUT2D eigenvalue weighted by molar-refractivity contribution is -0.388. The van der Waals surface area contributed by atoms with Crippen LogP contribution >= 0.6 is 0 Å². The van der Waals surface area contributed by atoms with E-state index in [1.54, 1.807) is 0 Å². The Morgan fingerprint density at radius 2 is 2.56 bits per heavy atom. The molecule has 0 bridgehead atoms. The molecule has 1 heterocycles. The molecule has 0 aromatic heterocycles. The summed E-state index contributed by atoms with van der Waals surface area (Å²) in [6.45, 7) is 3.88. The summed E-state index contributed by atoms with van der Waals surface area (Å²) >= 11 is 0. The van der Waals surface area contributed by atoms with E-state index in [1.807, 2.05) is 0 Å². The van der Waals surface area contributed by atoms with Crippen molar-refractivity contribution in [1.82, 2.24) is 4.90 Å². The van der Waals surface area contributed by atoms with Gasteiger partial charge in [0.2, 0.25) is 0 Å². The molecule has 9 heavy (non-hydrogen) atoms. The number of hydrogen-bond acceptors (Lipinski definition) is 2. The lowest BCUT2D eigenvalue weighted by Gasteiger charge is -2.27. The van der Waals surface area contributed by atoms with E-state index in [2.05, 4.69) is 17.7 Å². The third kappa shape index (κ3) is 1.93. The van der Waals surface area contributed by atoms with Gasteiger partial charge < -0.3 is 15.4 Å². The average Bonchev–Trinajstić information content (AvgIpc) is 1.88. The van der Waals surface area contributed by atoms with Gasteiger partial charge in [0.05, 0.1) is 6.61 Å². The molecule has 1 fully saturated rings. The first-order valence-electron chi connectivity index (χ1n) is 3.42. The zero-order chi connectivity index (χ0) is 6.69. The Kier molecular flexibility index (Phi) is 2.45. The van der Waals surface area contributed by atoms with Crippen molar-refractivity contribution in [1.29, 1.82) is 0 Å². The van der Waals surface area contributed by atoms with E-state index in [0.29, 0.717) is 6.10 Å². The summed E-state index contributed by atoms with van der Waals surface area (Å²) in [6, 6.07) is 0. The largest absolute Gasteiger partial charge is 0.370 e. The normalized spacial score (nSPS) is 30.7. The highest BCUT2D eigenvalue weighted by Crippen LogP contribution is 1.99.